The van der Waals surface area contributed by atoms with Gasteiger partial charge in [0.25, 0.3) is 11.1 Å². The molecule has 2 heterocycles. The highest BCUT2D eigenvalue weighted by atomic mass is 32.2. The molecule has 0 atom stereocenters. The van der Waals surface area contributed by atoms with E-state index in [1.807, 2.05) is 38.1 Å². The second-order valence-electron chi connectivity index (χ2n) is 8.03. The van der Waals surface area contributed by atoms with Crippen molar-refractivity contribution >= 4 is 35.0 Å². The van der Waals surface area contributed by atoms with E-state index in [4.69, 9.17) is 9.15 Å². The molecule has 4 rings (SSSR count). The highest BCUT2D eigenvalue weighted by Gasteiger charge is 2.35. The van der Waals surface area contributed by atoms with Crippen LogP contribution in [0, 0.1) is 6.92 Å². The molecule has 2 amide bonds. The summed E-state index contributed by atoms with van der Waals surface area (Å²) in [6, 6.07) is 18.2. The molecule has 0 N–H and O–H groups in total. The molecular formula is C27H25NO5S. The molecule has 0 spiro atoms. The van der Waals surface area contributed by atoms with Gasteiger partial charge in [-0.25, -0.2) is 4.79 Å². The van der Waals surface area contributed by atoms with Gasteiger partial charge in [-0.05, 0) is 54.9 Å². The zero-order valence-electron chi connectivity index (χ0n) is 19.1. The van der Waals surface area contributed by atoms with Gasteiger partial charge < -0.3 is 9.15 Å². The number of benzene rings is 2. The Balaban J connectivity index is 1.44. The Bertz CT molecular complexity index is 1240. The van der Waals surface area contributed by atoms with Crippen molar-refractivity contribution in [2.45, 2.75) is 33.2 Å². The lowest BCUT2D eigenvalue weighted by Gasteiger charge is -2.12. The Hall–Kier alpha value is -3.58. The number of hydrogen-bond donors (Lipinski definition) is 0. The summed E-state index contributed by atoms with van der Waals surface area (Å²) in [7, 11) is 0. The van der Waals surface area contributed by atoms with Crippen LogP contribution in [0.15, 0.2) is 70.0 Å². The van der Waals surface area contributed by atoms with Crippen molar-refractivity contribution in [1.82, 2.24) is 4.90 Å². The van der Waals surface area contributed by atoms with E-state index in [9.17, 15) is 14.4 Å². The number of esters is 1. The maximum Gasteiger partial charge on any atom is 0.338 e. The molecule has 1 fully saturated rings. The molecule has 3 aromatic rings. The summed E-state index contributed by atoms with van der Waals surface area (Å²) in [5.74, 6) is 0.386. The third-order valence-corrected chi connectivity index (χ3v) is 6.24. The third-order valence-electron chi connectivity index (χ3n) is 5.33. The second kappa shape index (κ2) is 10.6. The minimum absolute atomic E-state index is 0.236. The van der Waals surface area contributed by atoms with Crippen LogP contribution < -0.4 is 0 Å². The maximum atomic E-state index is 12.8. The molecule has 0 unspecified atom stereocenters. The van der Waals surface area contributed by atoms with Gasteiger partial charge in [-0.15, -0.1) is 0 Å². The zero-order valence-corrected chi connectivity index (χ0v) is 19.9. The molecule has 6 nitrogen and oxygen atoms in total. The molecule has 0 aliphatic carbocycles. The van der Waals surface area contributed by atoms with Crippen LogP contribution in [0.5, 0.6) is 0 Å². The Morgan fingerprint density at radius 2 is 1.88 bits per heavy atom. The van der Waals surface area contributed by atoms with Gasteiger partial charge in [-0.3, -0.25) is 14.5 Å². The number of rotatable bonds is 8. The van der Waals surface area contributed by atoms with Crippen LogP contribution in [0.1, 0.15) is 47.0 Å². The minimum atomic E-state index is -0.346. The SMILES string of the molecule is CCCCOC(=O)c1ccc(-c2ccc(/C=C3\SC(=O)N(Cc4cccc(C)c4)C3=O)o2)cc1. The lowest BCUT2D eigenvalue weighted by molar-refractivity contribution is -0.123. The Morgan fingerprint density at radius 1 is 1.09 bits per heavy atom. The normalized spacial score (nSPS) is 14.8. The fraction of sp³-hybridized carbons (Fsp3) is 0.222. The van der Waals surface area contributed by atoms with E-state index in [1.165, 1.54) is 4.90 Å². The lowest BCUT2D eigenvalue weighted by Crippen LogP contribution is -2.27. The van der Waals surface area contributed by atoms with Gasteiger partial charge >= 0.3 is 5.97 Å². The Kier molecular flexibility index (Phi) is 7.33. The van der Waals surface area contributed by atoms with Gasteiger partial charge in [0.05, 0.1) is 23.6 Å². The van der Waals surface area contributed by atoms with Gasteiger partial charge in [-0.2, -0.15) is 0 Å². The van der Waals surface area contributed by atoms with Gasteiger partial charge in [0.2, 0.25) is 0 Å². The number of amides is 2. The summed E-state index contributed by atoms with van der Waals surface area (Å²) in [6.07, 6.45) is 3.39. The van der Waals surface area contributed by atoms with Crippen LogP contribution in [0.3, 0.4) is 0 Å². The van der Waals surface area contributed by atoms with Crippen molar-refractivity contribution in [3.05, 3.63) is 88.0 Å². The highest BCUT2D eigenvalue weighted by Crippen LogP contribution is 2.34. The summed E-state index contributed by atoms with van der Waals surface area (Å²) in [4.78, 5) is 38.9. The Labute approximate surface area is 202 Å². The zero-order chi connectivity index (χ0) is 24.1. The average Bonchev–Trinajstić information content (AvgIpc) is 3.40. The highest BCUT2D eigenvalue weighted by molar-refractivity contribution is 8.18. The van der Waals surface area contributed by atoms with E-state index in [0.717, 1.165) is 41.3 Å². The molecule has 174 valence electrons. The van der Waals surface area contributed by atoms with Gasteiger partial charge in [0.1, 0.15) is 11.5 Å². The van der Waals surface area contributed by atoms with Crippen molar-refractivity contribution in [2.75, 3.05) is 6.61 Å². The number of carbonyl (C=O) groups is 3. The van der Waals surface area contributed by atoms with Crippen molar-refractivity contribution in [3.63, 3.8) is 0 Å². The minimum Gasteiger partial charge on any atom is -0.462 e. The topological polar surface area (TPSA) is 76.8 Å². The quantitative estimate of drug-likeness (QED) is 0.212. The summed E-state index contributed by atoms with van der Waals surface area (Å²) in [6.45, 7) is 4.66. The van der Waals surface area contributed by atoms with Crippen molar-refractivity contribution in [3.8, 4) is 11.3 Å². The molecule has 0 bridgehead atoms. The molecule has 0 saturated carbocycles. The summed E-state index contributed by atoms with van der Waals surface area (Å²) >= 11 is 0.905. The number of furan rings is 1. The number of imide groups is 1. The molecule has 2 aromatic carbocycles. The van der Waals surface area contributed by atoms with E-state index < -0.39 is 0 Å². The van der Waals surface area contributed by atoms with Crippen LogP contribution in [-0.2, 0) is 16.1 Å². The molecule has 34 heavy (non-hydrogen) atoms. The molecule has 0 radical (unpaired) electrons. The first-order chi connectivity index (χ1) is 16.4. The molecule has 1 aromatic heterocycles. The van der Waals surface area contributed by atoms with Crippen molar-refractivity contribution < 1.29 is 23.5 Å². The molecular weight excluding hydrogens is 450 g/mol. The predicted octanol–water partition coefficient (Wildman–Crippen LogP) is 6.45. The standard InChI is InChI=1S/C27H25NO5S/c1-3-4-14-32-26(30)21-10-8-20(9-11-21)23-13-12-22(33-23)16-24-25(29)28(27(31)34-24)17-19-7-5-6-18(2)15-19/h5-13,15-16H,3-4,14,17H2,1-2H3/b24-16-. The second-order valence-corrected chi connectivity index (χ2v) is 9.02. The first kappa shape index (κ1) is 23.6. The largest absolute Gasteiger partial charge is 0.462 e. The van der Waals surface area contributed by atoms with Crippen LogP contribution in [0.2, 0.25) is 0 Å². The van der Waals surface area contributed by atoms with E-state index in [0.29, 0.717) is 28.6 Å². The van der Waals surface area contributed by atoms with Gasteiger partial charge in [-0.1, -0.05) is 55.3 Å². The molecule has 1 aliphatic rings. The van der Waals surface area contributed by atoms with E-state index in [-0.39, 0.29) is 23.7 Å². The predicted molar refractivity (Wildman–Crippen MR) is 132 cm³/mol. The van der Waals surface area contributed by atoms with Crippen LogP contribution >= 0.6 is 11.8 Å². The van der Waals surface area contributed by atoms with E-state index >= 15 is 0 Å². The van der Waals surface area contributed by atoms with Crippen LogP contribution in [-0.4, -0.2) is 28.6 Å². The smallest absolute Gasteiger partial charge is 0.338 e. The van der Waals surface area contributed by atoms with Crippen LogP contribution in [0.4, 0.5) is 4.79 Å². The monoisotopic (exact) mass is 475 g/mol. The lowest BCUT2D eigenvalue weighted by atomic mass is 10.1. The van der Waals surface area contributed by atoms with Gasteiger partial charge in [0.15, 0.2) is 0 Å². The number of nitrogens with zero attached hydrogens (tertiary/aromatic N) is 1. The van der Waals surface area contributed by atoms with Crippen molar-refractivity contribution in [2.24, 2.45) is 0 Å². The Morgan fingerprint density at radius 3 is 2.62 bits per heavy atom. The number of ether oxygens (including phenoxy) is 1. The van der Waals surface area contributed by atoms with Gasteiger partial charge in [0, 0.05) is 11.6 Å². The van der Waals surface area contributed by atoms with E-state index in [2.05, 4.69) is 0 Å². The number of thioether (sulfide) groups is 1. The first-order valence-electron chi connectivity index (χ1n) is 11.1. The third kappa shape index (κ3) is 5.48. The average molecular weight is 476 g/mol. The van der Waals surface area contributed by atoms with Crippen molar-refractivity contribution in [1.29, 1.82) is 0 Å². The number of aryl methyl sites for hydroxylation is 1. The number of carbonyl (C=O) groups excluding carboxylic acids is 3. The van der Waals surface area contributed by atoms with Crippen LogP contribution in [0.25, 0.3) is 17.4 Å². The fourth-order valence-corrected chi connectivity index (χ4v) is 4.33. The molecule has 1 aliphatic heterocycles. The summed E-state index contributed by atoms with van der Waals surface area (Å²) in [5.41, 5.74) is 3.25. The fourth-order valence-electron chi connectivity index (χ4n) is 3.51. The maximum absolute atomic E-state index is 12.8. The molecule has 7 heteroatoms. The number of hydrogen-bond acceptors (Lipinski definition) is 6. The van der Waals surface area contributed by atoms with E-state index in [1.54, 1.807) is 42.5 Å². The summed E-state index contributed by atoms with van der Waals surface area (Å²) < 4.78 is 11.1. The number of unbranched alkanes of at least 4 members (excludes halogenated alkanes) is 1. The summed E-state index contributed by atoms with van der Waals surface area (Å²) in [5, 5.41) is -0.300. The first-order valence-corrected chi connectivity index (χ1v) is 11.9. The molecule has 1 saturated heterocycles.